The fraction of sp³-hybridized carbons (Fsp3) is 0.316. The highest BCUT2D eigenvalue weighted by Crippen LogP contribution is 2.21. The lowest BCUT2D eigenvalue weighted by molar-refractivity contribution is 0.0901. The lowest BCUT2D eigenvalue weighted by Crippen LogP contribution is -2.49. The number of carbonyl (C=O) groups is 1. The molecule has 0 N–H and O–H groups in total. The van der Waals surface area contributed by atoms with Gasteiger partial charge in [0.1, 0.15) is 0 Å². The number of halogens is 1. The molecule has 1 aliphatic heterocycles. The molecule has 5 nitrogen and oxygen atoms in total. The smallest absolute Gasteiger partial charge is 0.243 e. The number of Topliss-reactive ketones (excluding diaryl/α,β-unsaturated/α-hetero) is 1. The fourth-order valence-corrected chi connectivity index (χ4v) is 4.66. The van der Waals surface area contributed by atoms with E-state index in [1.54, 1.807) is 18.2 Å². The van der Waals surface area contributed by atoms with E-state index in [-0.39, 0.29) is 10.7 Å². The summed E-state index contributed by atoms with van der Waals surface area (Å²) in [4.78, 5) is 14.6. The maximum atomic E-state index is 12.7. The molecule has 26 heavy (non-hydrogen) atoms. The number of aryl methyl sites for hydroxylation is 1. The van der Waals surface area contributed by atoms with Crippen molar-refractivity contribution in [3.8, 4) is 0 Å². The number of hydrogen-bond acceptors (Lipinski definition) is 4. The van der Waals surface area contributed by atoms with E-state index in [4.69, 9.17) is 11.6 Å². The summed E-state index contributed by atoms with van der Waals surface area (Å²) >= 11 is 5.91. The van der Waals surface area contributed by atoms with Crippen molar-refractivity contribution in [3.63, 3.8) is 0 Å². The molecule has 1 fully saturated rings. The maximum Gasteiger partial charge on any atom is 0.243 e. The quantitative estimate of drug-likeness (QED) is 0.734. The Morgan fingerprint density at radius 2 is 1.69 bits per heavy atom. The van der Waals surface area contributed by atoms with E-state index in [1.807, 2.05) is 36.1 Å². The van der Waals surface area contributed by atoms with Crippen LogP contribution < -0.4 is 0 Å². The van der Waals surface area contributed by atoms with Crippen LogP contribution in [-0.4, -0.2) is 56.1 Å². The Bertz CT molecular complexity index is 889. The molecule has 138 valence electrons. The zero-order valence-electron chi connectivity index (χ0n) is 14.6. The molecule has 7 heteroatoms. The summed E-state index contributed by atoms with van der Waals surface area (Å²) < 4.78 is 26.9. The van der Waals surface area contributed by atoms with Gasteiger partial charge in [0.2, 0.25) is 10.0 Å². The molecular weight excluding hydrogens is 372 g/mol. The van der Waals surface area contributed by atoms with Gasteiger partial charge in [-0.2, -0.15) is 4.31 Å². The molecule has 1 saturated heterocycles. The van der Waals surface area contributed by atoms with E-state index in [9.17, 15) is 13.2 Å². The Kier molecular flexibility index (Phi) is 5.77. The predicted molar refractivity (Wildman–Crippen MR) is 102 cm³/mol. The number of carbonyl (C=O) groups excluding carboxylic acids is 1. The molecule has 2 aromatic rings. The van der Waals surface area contributed by atoms with Crippen molar-refractivity contribution in [1.82, 2.24) is 9.21 Å². The molecule has 0 spiro atoms. The minimum absolute atomic E-state index is 0.0520. The van der Waals surface area contributed by atoms with E-state index < -0.39 is 10.0 Å². The first-order valence-electron chi connectivity index (χ1n) is 8.44. The molecule has 1 aliphatic rings. The second-order valence-electron chi connectivity index (χ2n) is 6.43. The van der Waals surface area contributed by atoms with E-state index in [0.717, 1.165) is 5.56 Å². The molecule has 3 rings (SSSR count). The highest BCUT2D eigenvalue weighted by molar-refractivity contribution is 7.89. The first-order valence-corrected chi connectivity index (χ1v) is 10.3. The average Bonchev–Trinajstić information content (AvgIpc) is 2.62. The number of rotatable bonds is 5. The minimum Gasteiger partial charge on any atom is -0.293 e. The average molecular weight is 393 g/mol. The van der Waals surface area contributed by atoms with Crippen molar-refractivity contribution in [2.45, 2.75) is 11.8 Å². The Morgan fingerprint density at radius 3 is 2.31 bits per heavy atom. The highest BCUT2D eigenvalue weighted by Gasteiger charge is 2.29. The first-order chi connectivity index (χ1) is 12.4. The zero-order valence-corrected chi connectivity index (χ0v) is 16.1. The Labute approximate surface area is 159 Å². The summed E-state index contributed by atoms with van der Waals surface area (Å²) in [6.07, 6.45) is 0. The number of ketones is 1. The van der Waals surface area contributed by atoms with E-state index >= 15 is 0 Å². The minimum atomic E-state index is -3.56. The van der Waals surface area contributed by atoms with Crippen LogP contribution >= 0.6 is 11.6 Å². The molecule has 0 saturated carbocycles. The summed E-state index contributed by atoms with van der Waals surface area (Å²) in [5.74, 6) is 0.0520. The van der Waals surface area contributed by atoms with Crippen LogP contribution in [-0.2, 0) is 10.0 Å². The normalized spacial score (nSPS) is 16.5. The number of nitrogens with zero attached hydrogens (tertiary/aromatic N) is 2. The summed E-state index contributed by atoms with van der Waals surface area (Å²) in [7, 11) is -3.56. The SMILES string of the molecule is Cc1ccc(C(=O)CN2CCN(S(=O)(=O)c3cccc(Cl)c3)CC2)cc1. The standard InChI is InChI=1S/C19H21ClN2O3S/c1-15-5-7-16(8-6-15)19(23)14-21-9-11-22(12-10-21)26(24,25)18-4-2-3-17(20)13-18/h2-8,13H,9-12,14H2,1H3. The molecule has 0 unspecified atom stereocenters. The van der Waals surface area contributed by atoms with Crippen molar-refractivity contribution in [1.29, 1.82) is 0 Å². The van der Waals surface area contributed by atoms with Crippen LogP contribution in [0.15, 0.2) is 53.4 Å². The zero-order chi connectivity index (χ0) is 18.7. The van der Waals surface area contributed by atoms with Gasteiger partial charge in [-0.25, -0.2) is 8.42 Å². The maximum absolute atomic E-state index is 12.7. The summed E-state index contributed by atoms with van der Waals surface area (Å²) in [6, 6.07) is 13.8. The van der Waals surface area contributed by atoms with Crippen LogP contribution in [0.5, 0.6) is 0 Å². The molecule has 1 heterocycles. The lowest BCUT2D eigenvalue weighted by Gasteiger charge is -2.33. The van der Waals surface area contributed by atoms with E-state index in [0.29, 0.717) is 43.3 Å². The molecule has 0 aliphatic carbocycles. The van der Waals surface area contributed by atoms with Gasteiger partial charge in [0, 0.05) is 36.8 Å². The highest BCUT2D eigenvalue weighted by atomic mass is 35.5. The van der Waals surface area contributed by atoms with Crippen LogP contribution in [0, 0.1) is 6.92 Å². The summed E-state index contributed by atoms with van der Waals surface area (Å²) in [5.41, 5.74) is 1.80. The first kappa shape index (κ1) is 19.0. The van der Waals surface area contributed by atoms with Crippen LogP contribution in [0.2, 0.25) is 5.02 Å². The van der Waals surface area contributed by atoms with Gasteiger partial charge in [-0.3, -0.25) is 9.69 Å². The predicted octanol–water partition coefficient (Wildman–Crippen LogP) is 2.84. The van der Waals surface area contributed by atoms with Gasteiger partial charge in [-0.05, 0) is 25.1 Å². The van der Waals surface area contributed by atoms with Crippen LogP contribution in [0.4, 0.5) is 0 Å². The molecule has 0 radical (unpaired) electrons. The van der Waals surface area contributed by atoms with Crippen molar-refractivity contribution < 1.29 is 13.2 Å². The third-order valence-electron chi connectivity index (χ3n) is 4.51. The van der Waals surface area contributed by atoms with Crippen LogP contribution in [0.25, 0.3) is 0 Å². The molecule has 0 amide bonds. The lowest BCUT2D eigenvalue weighted by atomic mass is 10.1. The summed E-state index contributed by atoms with van der Waals surface area (Å²) in [5, 5.41) is 0.397. The second kappa shape index (κ2) is 7.88. The Balaban J connectivity index is 1.60. The third kappa shape index (κ3) is 4.32. The van der Waals surface area contributed by atoms with Gasteiger partial charge >= 0.3 is 0 Å². The molecule has 2 aromatic carbocycles. The second-order valence-corrected chi connectivity index (χ2v) is 8.80. The fourth-order valence-electron chi connectivity index (χ4n) is 2.94. The topological polar surface area (TPSA) is 57.7 Å². The van der Waals surface area contributed by atoms with Gasteiger partial charge in [0.25, 0.3) is 0 Å². The molecular formula is C19H21ClN2O3S. The number of benzene rings is 2. The van der Waals surface area contributed by atoms with Gasteiger partial charge in [-0.15, -0.1) is 0 Å². The van der Waals surface area contributed by atoms with Crippen molar-refractivity contribution in [2.75, 3.05) is 32.7 Å². The molecule has 0 aromatic heterocycles. The summed E-state index contributed by atoms with van der Waals surface area (Å²) in [6.45, 7) is 4.04. The molecule has 0 bridgehead atoms. The van der Waals surface area contributed by atoms with E-state index in [2.05, 4.69) is 0 Å². The van der Waals surface area contributed by atoms with Crippen LogP contribution in [0.1, 0.15) is 15.9 Å². The number of piperazine rings is 1. The molecule has 0 atom stereocenters. The Morgan fingerprint density at radius 1 is 1.04 bits per heavy atom. The van der Waals surface area contributed by atoms with Crippen molar-refractivity contribution in [2.24, 2.45) is 0 Å². The van der Waals surface area contributed by atoms with Gasteiger partial charge in [0.15, 0.2) is 5.78 Å². The largest absolute Gasteiger partial charge is 0.293 e. The Hall–Kier alpha value is -1.73. The number of sulfonamides is 1. The van der Waals surface area contributed by atoms with Crippen LogP contribution in [0.3, 0.4) is 0 Å². The van der Waals surface area contributed by atoms with Gasteiger partial charge in [0.05, 0.1) is 11.4 Å². The monoisotopic (exact) mass is 392 g/mol. The van der Waals surface area contributed by atoms with Crippen molar-refractivity contribution >= 4 is 27.4 Å². The van der Waals surface area contributed by atoms with Crippen molar-refractivity contribution in [3.05, 3.63) is 64.7 Å². The van der Waals surface area contributed by atoms with E-state index in [1.165, 1.54) is 10.4 Å². The number of hydrogen-bond donors (Lipinski definition) is 0. The third-order valence-corrected chi connectivity index (χ3v) is 6.64. The van der Waals surface area contributed by atoms with Gasteiger partial charge in [-0.1, -0.05) is 47.5 Å². The van der Waals surface area contributed by atoms with Gasteiger partial charge < -0.3 is 0 Å².